The first-order chi connectivity index (χ1) is 13.9. The van der Waals surface area contributed by atoms with Crippen molar-refractivity contribution in [3.8, 4) is 11.5 Å². The highest BCUT2D eigenvalue weighted by molar-refractivity contribution is 8.26. The molecule has 4 nitrogen and oxygen atoms in total. The van der Waals surface area contributed by atoms with Crippen molar-refractivity contribution < 1.29 is 18.7 Å². The molecule has 29 heavy (non-hydrogen) atoms. The summed E-state index contributed by atoms with van der Waals surface area (Å²) in [6.07, 6.45) is 1.77. The van der Waals surface area contributed by atoms with Crippen LogP contribution < -0.4 is 9.47 Å². The van der Waals surface area contributed by atoms with Crippen molar-refractivity contribution in [3.63, 3.8) is 0 Å². The van der Waals surface area contributed by atoms with Crippen molar-refractivity contribution in [2.45, 2.75) is 20.5 Å². The van der Waals surface area contributed by atoms with Crippen LogP contribution in [0.5, 0.6) is 11.5 Å². The number of hydrogen-bond acceptors (Lipinski definition) is 5. The zero-order valence-electron chi connectivity index (χ0n) is 15.9. The van der Waals surface area contributed by atoms with Gasteiger partial charge >= 0.3 is 0 Å². The maximum Gasteiger partial charge on any atom is 0.266 e. The molecular formula is C21H19ClFNO3S2. The molecule has 152 valence electrons. The quantitative estimate of drug-likeness (QED) is 0.400. The number of ether oxygens (including phenoxy) is 2. The molecule has 1 amide bonds. The summed E-state index contributed by atoms with van der Waals surface area (Å²) in [7, 11) is 0. The molecule has 0 saturated carbocycles. The minimum Gasteiger partial charge on any atom is -0.490 e. The third kappa shape index (κ3) is 4.91. The standard InChI is InChI=1S/C21H19ClFNO3S2/c1-3-24-20(25)19(29-21(24)28)11-13-8-9-17(18(10-13)26-4-2)27-12-14-15(22)6-5-7-16(14)23/h5-11H,3-4,12H2,1-2H3/b19-11+. The number of carbonyl (C=O) groups excluding carboxylic acids is 1. The minimum atomic E-state index is -0.426. The highest BCUT2D eigenvalue weighted by Crippen LogP contribution is 2.35. The Bertz CT molecular complexity index is 960. The van der Waals surface area contributed by atoms with E-state index < -0.39 is 5.82 Å². The topological polar surface area (TPSA) is 38.8 Å². The molecule has 1 aliphatic heterocycles. The van der Waals surface area contributed by atoms with Crippen LogP contribution in [0.25, 0.3) is 6.08 Å². The van der Waals surface area contributed by atoms with E-state index in [9.17, 15) is 9.18 Å². The van der Waals surface area contributed by atoms with Gasteiger partial charge in [0.1, 0.15) is 16.7 Å². The number of hydrogen-bond donors (Lipinski definition) is 0. The SMILES string of the molecule is CCOc1cc(/C=C2/SC(=S)N(CC)C2=O)ccc1OCc1c(F)cccc1Cl. The molecule has 0 atom stereocenters. The van der Waals surface area contributed by atoms with Gasteiger partial charge in [0.25, 0.3) is 5.91 Å². The molecule has 0 unspecified atom stereocenters. The lowest BCUT2D eigenvalue weighted by molar-refractivity contribution is -0.121. The maximum atomic E-state index is 14.0. The van der Waals surface area contributed by atoms with E-state index in [1.165, 1.54) is 17.8 Å². The number of likely N-dealkylation sites (N-methyl/N-ethyl adjacent to an activating group) is 1. The Morgan fingerprint density at radius 1 is 1.21 bits per heavy atom. The Kier molecular flexibility index (Phi) is 7.16. The Labute approximate surface area is 183 Å². The van der Waals surface area contributed by atoms with Crippen LogP contribution in [0.15, 0.2) is 41.3 Å². The lowest BCUT2D eigenvalue weighted by Crippen LogP contribution is -2.27. The smallest absolute Gasteiger partial charge is 0.266 e. The summed E-state index contributed by atoms with van der Waals surface area (Å²) in [6, 6.07) is 9.81. The van der Waals surface area contributed by atoms with Gasteiger partial charge in [-0.15, -0.1) is 0 Å². The number of carbonyl (C=O) groups is 1. The average molecular weight is 452 g/mol. The number of thiocarbonyl (C=S) groups is 1. The maximum absolute atomic E-state index is 14.0. The monoisotopic (exact) mass is 451 g/mol. The van der Waals surface area contributed by atoms with Crippen molar-refractivity contribution in [1.29, 1.82) is 0 Å². The first kappa shape index (κ1) is 21.6. The average Bonchev–Trinajstić information content (AvgIpc) is 2.95. The van der Waals surface area contributed by atoms with Gasteiger partial charge in [0.05, 0.1) is 16.5 Å². The molecule has 1 saturated heterocycles. The molecule has 3 rings (SSSR count). The first-order valence-electron chi connectivity index (χ1n) is 9.02. The second kappa shape index (κ2) is 9.61. The molecular weight excluding hydrogens is 433 g/mol. The van der Waals surface area contributed by atoms with E-state index in [0.717, 1.165) is 5.56 Å². The molecule has 0 spiro atoms. The van der Waals surface area contributed by atoms with E-state index in [4.69, 9.17) is 33.3 Å². The van der Waals surface area contributed by atoms with Crippen LogP contribution in [0.4, 0.5) is 4.39 Å². The largest absolute Gasteiger partial charge is 0.490 e. The zero-order valence-corrected chi connectivity index (χ0v) is 18.3. The highest BCUT2D eigenvalue weighted by atomic mass is 35.5. The van der Waals surface area contributed by atoms with E-state index in [-0.39, 0.29) is 18.1 Å². The molecule has 2 aromatic carbocycles. The highest BCUT2D eigenvalue weighted by Gasteiger charge is 2.30. The van der Waals surface area contributed by atoms with Crippen LogP contribution in [0.2, 0.25) is 5.02 Å². The van der Waals surface area contributed by atoms with E-state index in [0.29, 0.717) is 38.9 Å². The van der Waals surface area contributed by atoms with E-state index in [2.05, 4.69) is 0 Å². The third-order valence-electron chi connectivity index (χ3n) is 4.19. The molecule has 2 aromatic rings. The normalized spacial score (nSPS) is 15.3. The molecule has 8 heteroatoms. The molecule has 0 bridgehead atoms. The fourth-order valence-corrected chi connectivity index (χ4v) is 4.35. The zero-order chi connectivity index (χ0) is 21.0. The number of amides is 1. The lowest BCUT2D eigenvalue weighted by Gasteiger charge is -2.14. The van der Waals surface area contributed by atoms with Gasteiger partial charge in [-0.2, -0.15) is 0 Å². The summed E-state index contributed by atoms with van der Waals surface area (Å²) in [5.74, 6) is 0.434. The summed E-state index contributed by atoms with van der Waals surface area (Å²) in [5.41, 5.74) is 1.06. The van der Waals surface area contributed by atoms with Crippen LogP contribution in [0.3, 0.4) is 0 Å². The summed E-state index contributed by atoms with van der Waals surface area (Å²) in [4.78, 5) is 14.5. The molecule has 0 N–H and O–H groups in total. The van der Waals surface area contributed by atoms with Crippen molar-refractivity contribution in [1.82, 2.24) is 4.90 Å². The van der Waals surface area contributed by atoms with Gasteiger partial charge in [-0.25, -0.2) is 4.39 Å². The predicted molar refractivity (Wildman–Crippen MR) is 119 cm³/mol. The Hall–Kier alpha value is -2.09. The fourth-order valence-electron chi connectivity index (χ4n) is 2.75. The lowest BCUT2D eigenvalue weighted by atomic mass is 10.1. The molecule has 0 aromatic heterocycles. The van der Waals surface area contributed by atoms with Gasteiger partial charge in [-0.1, -0.05) is 47.7 Å². The van der Waals surface area contributed by atoms with Crippen LogP contribution in [-0.4, -0.2) is 28.3 Å². The number of benzene rings is 2. The van der Waals surface area contributed by atoms with Crippen molar-refractivity contribution in [3.05, 3.63) is 63.3 Å². The summed E-state index contributed by atoms with van der Waals surface area (Å²) < 4.78 is 26.0. The first-order valence-corrected chi connectivity index (χ1v) is 10.6. The number of rotatable bonds is 7. The minimum absolute atomic E-state index is 0.0277. The van der Waals surface area contributed by atoms with Crippen LogP contribution in [-0.2, 0) is 11.4 Å². The van der Waals surface area contributed by atoms with Crippen molar-refractivity contribution in [2.24, 2.45) is 0 Å². The van der Waals surface area contributed by atoms with E-state index >= 15 is 0 Å². The molecule has 1 aliphatic rings. The van der Waals surface area contributed by atoms with Gasteiger partial charge in [0.15, 0.2) is 11.5 Å². The molecule has 1 heterocycles. The summed E-state index contributed by atoms with van der Waals surface area (Å²) >= 11 is 12.6. The van der Waals surface area contributed by atoms with Crippen LogP contribution in [0, 0.1) is 5.82 Å². The molecule has 0 aliphatic carbocycles. The second-order valence-electron chi connectivity index (χ2n) is 6.05. The van der Waals surface area contributed by atoms with Crippen LogP contribution in [0.1, 0.15) is 25.0 Å². The number of halogens is 2. The predicted octanol–water partition coefficient (Wildman–Crippen LogP) is 5.68. The Balaban J connectivity index is 1.83. The summed E-state index contributed by atoms with van der Waals surface area (Å²) in [6.45, 7) is 4.68. The number of nitrogens with zero attached hydrogens (tertiary/aromatic N) is 1. The van der Waals surface area contributed by atoms with Gasteiger partial charge in [-0.3, -0.25) is 9.69 Å². The van der Waals surface area contributed by atoms with E-state index in [1.54, 1.807) is 41.3 Å². The summed E-state index contributed by atoms with van der Waals surface area (Å²) in [5, 5.41) is 0.303. The van der Waals surface area contributed by atoms with Gasteiger partial charge < -0.3 is 9.47 Å². The molecule has 0 radical (unpaired) electrons. The van der Waals surface area contributed by atoms with Crippen molar-refractivity contribution in [2.75, 3.05) is 13.2 Å². The number of thioether (sulfide) groups is 1. The third-order valence-corrected chi connectivity index (χ3v) is 5.92. The Morgan fingerprint density at radius 3 is 2.66 bits per heavy atom. The van der Waals surface area contributed by atoms with Gasteiger partial charge in [0.2, 0.25) is 0 Å². The molecule has 1 fully saturated rings. The van der Waals surface area contributed by atoms with Crippen molar-refractivity contribution >= 4 is 51.9 Å². The van der Waals surface area contributed by atoms with Crippen LogP contribution >= 0.6 is 35.6 Å². The van der Waals surface area contributed by atoms with E-state index in [1.807, 2.05) is 13.8 Å². The van der Waals surface area contributed by atoms with Gasteiger partial charge in [0, 0.05) is 12.1 Å². The fraction of sp³-hybridized carbons (Fsp3) is 0.238. The van der Waals surface area contributed by atoms with Gasteiger partial charge in [-0.05, 0) is 49.8 Å². The Morgan fingerprint density at radius 2 is 2.00 bits per heavy atom. The second-order valence-corrected chi connectivity index (χ2v) is 8.14.